The van der Waals surface area contributed by atoms with E-state index in [1.807, 2.05) is 30.3 Å². The van der Waals surface area contributed by atoms with Crippen LogP contribution in [0.5, 0.6) is 0 Å². The van der Waals surface area contributed by atoms with Gasteiger partial charge in [0.25, 0.3) is 0 Å². The summed E-state index contributed by atoms with van der Waals surface area (Å²) in [6.45, 7) is 0. The van der Waals surface area contributed by atoms with Crippen LogP contribution in [0.4, 0.5) is 0 Å². The lowest BCUT2D eigenvalue weighted by atomic mass is 9.89. The lowest BCUT2D eigenvalue weighted by Crippen LogP contribution is -2.00. The monoisotopic (exact) mass is 828 g/mol. The van der Waals surface area contributed by atoms with E-state index in [1.165, 1.54) is 43.6 Å². The van der Waals surface area contributed by atoms with Crippen LogP contribution in [-0.4, -0.2) is 19.9 Å². The van der Waals surface area contributed by atoms with Crippen LogP contribution >= 0.6 is 0 Å². The first-order valence-electron chi connectivity index (χ1n) is 21.9. The van der Waals surface area contributed by atoms with Gasteiger partial charge in [-0.2, -0.15) is 0 Å². The zero-order valence-corrected chi connectivity index (χ0v) is 35.0. The van der Waals surface area contributed by atoms with Gasteiger partial charge >= 0.3 is 0 Å². The van der Waals surface area contributed by atoms with Gasteiger partial charge < -0.3 is 4.42 Å². The smallest absolute Gasteiger partial charge is 0.227 e. The molecule has 0 saturated carbocycles. The van der Waals surface area contributed by atoms with Crippen molar-refractivity contribution < 1.29 is 4.42 Å². The maximum absolute atomic E-state index is 6.58. The van der Waals surface area contributed by atoms with Gasteiger partial charge in [0.15, 0.2) is 23.1 Å². The van der Waals surface area contributed by atoms with Crippen LogP contribution in [-0.2, 0) is 0 Å². The summed E-state index contributed by atoms with van der Waals surface area (Å²) in [5, 5.41) is 11.6. The molecule has 13 aromatic rings. The van der Waals surface area contributed by atoms with E-state index in [0.29, 0.717) is 23.4 Å². The fraction of sp³-hybridized carbons (Fsp3) is 0. The highest BCUT2D eigenvalue weighted by atomic mass is 16.3. The van der Waals surface area contributed by atoms with Crippen LogP contribution in [0.2, 0.25) is 0 Å². The molecule has 0 fully saturated rings. The molecular weight excluding hydrogens is 793 g/mol. The van der Waals surface area contributed by atoms with E-state index in [9.17, 15) is 0 Å². The highest BCUT2D eigenvalue weighted by molar-refractivity contribution is 6.23. The van der Waals surface area contributed by atoms with Crippen LogP contribution in [0, 0.1) is 0 Å². The summed E-state index contributed by atoms with van der Waals surface area (Å²) >= 11 is 0. The predicted octanol–water partition coefficient (Wildman–Crippen LogP) is 15.8. The fourth-order valence-corrected chi connectivity index (χ4v) is 9.55. The first-order valence-corrected chi connectivity index (χ1v) is 21.9. The summed E-state index contributed by atoms with van der Waals surface area (Å²) in [7, 11) is 0. The van der Waals surface area contributed by atoms with Crippen LogP contribution < -0.4 is 0 Å². The lowest BCUT2D eigenvalue weighted by molar-refractivity contribution is 0.623. The van der Waals surface area contributed by atoms with Crippen molar-refractivity contribution in [3.05, 3.63) is 218 Å². The van der Waals surface area contributed by atoms with E-state index in [0.717, 1.165) is 65.8 Å². The Labute approximate surface area is 374 Å². The molecule has 0 spiro atoms. The van der Waals surface area contributed by atoms with E-state index in [4.69, 9.17) is 24.4 Å². The minimum atomic E-state index is 0.565. The Hall–Kier alpha value is -8.80. The van der Waals surface area contributed by atoms with Crippen LogP contribution in [0.15, 0.2) is 223 Å². The van der Waals surface area contributed by atoms with Gasteiger partial charge in [0.2, 0.25) is 5.89 Å². The Balaban J connectivity index is 0.924. The van der Waals surface area contributed by atoms with Gasteiger partial charge in [0, 0.05) is 33.0 Å². The van der Waals surface area contributed by atoms with Gasteiger partial charge in [0.1, 0.15) is 5.52 Å². The minimum absolute atomic E-state index is 0.565. The quantitative estimate of drug-likeness (QED) is 0.156. The van der Waals surface area contributed by atoms with Crippen molar-refractivity contribution in [1.29, 1.82) is 0 Å². The Morgan fingerprint density at radius 3 is 1.46 bits per heavy atom. The molecule has 302 valence electrons. The van der Waals surface area contributed by atoms with Crippen molar-refractivity contribution in [2.75, 3.05) is 0 Å². The zero-order chi connectivity index (χ0) is 42.8. The molecule has 11 aromatic carbocycles. The van der Waals surface area contributed by atoms with Crippen LogP contribution in [0.3, 0.4) is 0 Å². The fourth-order valence-electron chi connectivity index (χ4n) is 9.55. The average Bonchev–Trinajstić information content (AvgIpc) is 3.85. The third-order valence-corrected chi connectivity index (χ3v) is 12.7. The molecule has 13 rings (SSSR count). The molecule has 0 saturated heterocycles. The lowest BCUT2D eigenvalue weighted by Gasteiger charge is -2.15. The van der Waals surface area contributed by atoms with Crippen molar-refractivity contribution in [1.82, 2.24) is 19.9 Å². The maximum Gasteiger partial charge on any atom is 0.227 e. The highest BCUT2D eigenvalue weighted by Gasteiger charge is 2.19. The number of oxazole rings is 1. The molecule has 0 aliphatic rings. The van der Waals surface area contributed by atoms with Gasteiger partial charge in [-0.15, -0.1) is 0 Å². The van der Waals surface area contributed by atoms with Crippen molar-refractivity contribution >= 4 is 65.0 Å². The van der Waals surface area contributed by atoms with E-state index < -0.39 is 0 Å². The second kappa shape index (κ2) is 14.9. The summed E-state index contributed by atoms with van der Waals surface area (Å²) < 4.78 is 6.58. The normalized spacial score (nSPS) is 11.7. The second-order valence-electron chi connectivity index (χ2n) is 16.5. The minimum Gasteiger partial charge on any atom is -0.435 e. The molecule has 0 aliphatic carbocycles. The van der Waals surface area contributed by atoms with Crippen molar-refractivity contribution in [2.24, 2.45) is 0 Å². The molecule has 0 radical (unpaired) electrons. The Bertz CT molecular complexity index is 3920. The summed E-state index contributed by atoms with van der Waals surface area (Å²) in [6.07, 6.45) is 0. The molecule has 5 nitrogen and oxygen atoms in total. The summed E-state index contributed by atoms with van der Waals surface area (Å²) in [6, 6.07) is 76.5. The van der Waals surface area contributed by atoms with E-state index in [1.54, 1.807) is 0 Å². The molecular formula is C60H36N4O. The first kappa shape index (κ1) is 36.8. The number of rotatable bonds is 6. The summed E-state index contributed by atoms with van der Waals surface area (Å²) in [4.78, 5) is 20.5. The Kier molecular flexibility index (Phi) is 8.46. The van der Waals surface area contributed by atoms with E-state index in [-0.39, 0.29) is 0 Å². The van der Waals surface area contributed by atoms with Crippen molar-refractivity contribution in [3.63, 3.8) is 0 Å². The third-order valence-electron chi connectivity index (χ3n) is 12.7. The molecule has 0 bridgehead atoms. The van der Waals surface area contributed by atoms with Gasteiger partial charge in [-0.1, -0.05) is 200 Å². The van der Waals surface area contributed by atoms with E-state index in [2.05, 4.69) is 188 Å². The van der Waals surface area contributed by atoms with Crippen LogP contribution in [0.25, 0.3) is 133 Å². The highest BCUT2D eigenvalue weighted by Crippen LogP contribution is 2.40. The number of hydrogen-bond donors (Lipinski definition) is 0. The van der Waals surface area contributed by atoms with E-state index >= 15 is 0 Å². The van der Waals surface area contributed by atoms with Gasteiger partial charge in [-0.05, 0) is 83.5 Å². The molecule has 2 heterocycles. The number of nitrogens with zero attached hydrogens (tertiary/aromatic N) is 4. The molecule has 65 heavy (non-hydrogen) atoms. The average molecular weight is 829 g/mol. The van der Waals surface area contributed by atoms with Crippen molar-refractivity contribution in [2.45, 2.75) is 0 Å². The third kappa shape index (κ3) is 6.24. The van der Waals surface area contributed by atoms with Crippen LogP contribution in [0.1, 0.15) is 0 Å². The maximum atomic E-state index is 6.58. The molecule has 0 atom stereocenters. The molecule has 0 aliphatic heterocycles. The number of aromatic nitrogens is 4. The molecule has 0 amide bonds. The van der Waals surface area contributed by atoms with Gasteiger partial charge in [-0.25, -0.2) is 19.9 Å². The number of benzene rings is 11. The molecule has 0 unspecified atom stereocenters. The first-order chi connectivity index (χ1) is 32.2. The topological polar surface area (TPSA) is 64.7 Å². The zero-order valence-electron chi connectivity index (χ0n) is 35.0. The Morgan fingerprint density at radius 1 is 0.277 bits per heavy atom. The SMILES string of the molecule is c1ccc(-c2c(-c3ccc(-c4nc(-c5ccc(-c6nc7c8ccccc8c8ccccc8c7o6)cc5)nc(-c5ccc6c(ccc7ccccc76)c5)n4)cc3)ccc3ccccc23)cc1. The van der Waals surface area contributed by atoms with Crippen molar-refractivity contribution in [3.8, 4) is 67.9 Å². The van der Waals surface area contributed by atoms with Gasteiger partial charge in [0.05, 0.1) is 0 Å². The number of fused-ring (bicyclic) bond motifs is 10. The second-order valence-corrected chi connectivity index (χ2v) is 16.5. The molecule has 0 N–H and O–H groups in total. The molecule has 5 heteroatoms. The standard InChI is InChI=1S/C60H36N4O/c1-2-14-40(15-3-1)54-48-17-7-5-13-38(48)32-35-49(54)39-22-25-41(26-23-39)57-62-58(64-59(63-57)45-33-34-47-44(36-45)31-24-37-12-4-6-16-46(37)47)42-27-29-43(30-28-42)60-61-55-52-20-10-8-18-50(52)51-19-9-11-21-53(51)56(55)65-60/h1-36H. The number of hydrogen-bond acceptors (Lipinski definition) is 5. The summed E-state index contributed by atoms with van der Waals surface area (Å²) in [5.41, 5.74) is 9.87. The largest absolute Gasteiger partial charge is 0.435 e. The predicted molar refractivity (Wildman–Crippen MR) is 268 cm³/mol. The Morgan fingerprint density at radius 2 is 0.754 bits per heavy atom. The molecule has 2 aromatic heterocycles. The van der Waals surface area contributed by atoms with Gasteiger partial charge in [-0.3, -0.25) is 0 Å². The summed E-state index contributed by atoms with van der Waals surface area (Å²) in [5.74, 6) is 2.34.